The lowest BCUT2D eigenvalue weighted by atomic mass is 10.1. The van der Waals surface area contributed by atoms with E-state index in [0.29, 0.717) is 6.07 Å². The number of nitriles is 1. The van der Waals surface area contributed by atoms with Gasteiger partial charge in [-0.3, -0.25) is 0 Å². The molecule has 0 bridgehead atoms. The molecule has 1 unspecified atom stereocenters. The summed E-state index contributed by atoms with van der Waals surface area (Å²) in [4.78, 5) is 0. The highest BCUT2D eigenvalue weighted by Crippen LogP contribution is 2.31. The first-order valence-electron chi connectivity index (χ1n) is 4.41. The molecule has 1 rings (SSSR count). The lowest BCUT2D eigenvalue weighted by Gasteiger charge is -2.11. The van der Waals surface area contributed by atoms with Crippen molar-refractivity contribution < 1.29 is 25.8 Å². The van der Waals surface area contributed by atoms with Gasteiger partial charge in [0.15, 0.2) is 6.10 Å². The quantitative estimate of drug-likeness (QED) is 0.907. The standard InChI is InChI=1S/C9H7F3N2O3S/c10-9(11,12)7-3-1-2-6(4-7)8(5-13)17-18(14,15)16/h1-4,8H,(H2,14,15,16). The number of halogens is 3. The summed E-state index contributed by atoms with van der Waals surface area (Å²) in [6.45, 7) is 0. The van der Waals surface area contributed by atoms with E-state index in [1.807, 2.05) is 0 Å². The normalized spacial score (nSPS) is 13.9. The second-order valence-electron chi connectivity index (χ2n) is 3.22. The minimum Gasteiger partial charge on any atom is -0.235 e. The van der Waals surface area contributed by atoms with Crippen LogP contribution in [0.25, 0.3) is 0 Å². The molecule has 1 aromatic rings. The summed E-state index contributed by atoms with van der Waals surface area (Å²) in [7, 11) is -4.44. The highest BCUT2D eigenvalue weighted by molar-refractivity contribution is 7.84. The smallest absolute Gasteiger partial charge is 0.235 e. The Kier molecular flexibility index (Phi) is 3.95. The van der Waals surface area contributed by atoms with Crippen molar-refractivity contribution in [3.05, 3.63) is 35.4 Å². The van der Waals surface area contributed by atoms with Crippen LogP contribution < -0.4 is 5.14 Å². The van der Waals surface area contributed by atoms with Gasteiger partial charge in [0.05, 0.1) is 5.56 Å². The number of benzene rings is 1. The van der Waals surface area contributed by atoms with E-state index in [1.165, 1.54) is 6.07 Å². The van der Waals surface area contributed by atoms with Gasteiger partial charge in [0.25, 0.3) is 0 Å². The third kappa shape index (κ3) is 3.99. The summed E-state index contributed by atoms with van der Waals surface area (Å²) in [5.41, 5.74) is -1.26. The zero-order valence-electron chi connectivity index (χ0n) is 8.68. The van der Waals surface area contributed by atoms with Crippen molar-refractivity contribution in [2.45, 2.75) is 12.3 Å². The number of nitrogens with two attached hydrogens (primary N) is 1. The van der Waals surface area contributed by atoms with E-state index in [2.05, 4.69) is 9.32 Å². The van der Waals surface area contributed by atoms with Crippen molar-refractivity contribution in [3.8, 4) is 6.07 Å². The fourth-order valence-electron chi connectivity index (χ4n) is 1.16. The average molecular weight is 280 g/mol. The van der Waals surface area contributed by atoms with Crippen LogP contribution in [-0.4, -0.2) is 8.42 Å². The Bertz CT molecular complexity index is 577. The maximum atomic E-state index is 12.4. The van der Waals surface area contributed by atoms with Crippen molar-refractivity contribution in [2.24, 2.45) is 5.14 Å². The summed E-state index contributed by atoms with van der Waals surface area (Å²) < 4.78 is 62.7. The highest BCUT2D eigenvalue weighted by atomic mass is 32.2. The molecule has 0 aliphatic rings. The fourth-order valence-corrected chi connectivity index (χ4v) is 1.59. The van der Waals surface area contributed by atoms with Gasteiger partial charge in [-0.15, -0.1) is 0 Å². The molecular formula is C9H7F3N2O3S. The lowest BCUT2D eigenvalue weighted by Crippen LogP contribution is -2.19. The molecule has 5 nitrogen and oxygen atoms in total. The Morgan fingerprint density at radius 1 is 1.39 bits per heavy atom. The predicted octanol–water partition coefficient (Wildman–Crippen LogP) is 1.49. The van der Waals surface area contributed by atoms with Crippen LogP contribution in [-0.2, 0) is 20.7 Å². The number of rotatable bonds is 3. The zero-order valence-corrected chi connectivity index (χ0v) is 9.49. The minimum atomic E-state index is -4.60. The molecule has 0 aliphatic heterocycles. The molecule has 98 valence electrons. The number of nitrogens with zero attached hydrogens (tertiary/aromatic N) is 1. The molecule has 0 spiro atoms. The van der Waals surface area contributed by atoms with Crippen LogP contribution in [0.2, 0.25) is 0 Å². The number of hydrogen-bond acceptors (Lipinski definition) is 4. The second kappa shape index (κ2) is 4.93. The SMILES string of the molecule is N#CC(OS(N)(=O)=O)c1cccc(C(F)(F)F)c1. The maximum absolute atomic E-state index is 12.4. The molecule has 0 aliphatic carbocycles. The Morgan fingerprint density at radius 2 is 2.00 bits per heavy atom. The summed E-state index contributed by atoms with van der Waals surface area (Å²) in [5.74, 6) is 0. The van der Waals surface area contributed by atoms with Gasteiger partial charge in [-0.1, -0.05) is 12.1 Å². The van der Waals surface area contributed by atoms with E-state index in [0.717, 1.165) is 18.2 Å². The number of hydrogen-bond donors (Lipinski definition) is 1. The molecule has 1 atom stereocenters. The van der Waals surface area contributed by atoms with E-state index in [-0.39, 0.29) is 5.56 Å². The van der Waals surface area contributed by atoms with Gasteiger partial charge < -0.3 is 0 Å². The molecule has 2 N–H and O–H groups in total. The first-order chi connectivity index (χ1) is 8.13. The Balaban J connectivity index is 3.13. The molecule has 18 heavy (non-hydrogen) atoms. The first kappa shape index (κ1) is 14.4. The number of alkyl halides is 3. The van der Waals surface area contributed by atoms with Crippen molar-refractivity contribution in [2.75, 3.05) is 0 Å². The van der Waals surface area contributed by atoms with Gasteiger partial charge in [0.1, 0.15) is 6.07 Å². The van der Waals surface area contributed by atoms with Gasteiger partial charge in [0.2, 0.25) is 0 Å². The third-order valence-corrected chi connectivity index (χ3v) is 2.33. The molecule has 1 aromatic carbocycles. The Hall–Kier alpha value is -1.63. The van der Waals surface area contributed by atoms with Crippen LogP contribution in [0.4, 0.5) is 13.2 Å². The van der Waals surface area contributed by atoms with Gasteiger partial charge >= 0.3 is 16.5 Å². The van der Waals surface area contributed by atoms with E-state index in [9.17, 15) is 21.6 Å². The second-order valence-corrected chi connectivity index (χ2v) is 4.40. The lowest BCUT2D eigenvalue weighted by molar-refractivity contribution is -0.137. The van der Waals surface area contributed by atoms with Crippen molar-refractivity contribution in [1.82, 2.24) is 0 Å². The van der Waals surface area contributed by atoms with Gasteiger partial charge in [-0.05, 0) is 17.7 Å². The van der Waals surface area contributed by atoms with E-state index in [1.54, 1.807) is 0 Å². The first-order valence-corrected chi connectivity index (χ1v) is 5.88. The molecule has 0 fully saturated rings. The molecule has 0 radical (unpaired) electrons. The van der Waals surface area contributed by atoms with Crippen molar-refractivity contribution in [3.63, 3.8) is 0 Å². The topological polar surface area (TPSA) is 93.2 Å². The maximum Gasteiger partial charge on any atom is 0.416 e. The van der Waals surface area contributed by atoms with Crippen molar-refractivity contribution in [1.29, 1.82) is 5.26 Å². The van der Waals surface area contributed by atoms with Crippen LogP contribution >= 0.6 is 0 Å². The van der Waals surface area contributed by atoms with Crippen LogP contribution in [0.3, 0.4) is 0 Å². The van der Waals surface area contributed by atoms with Gasteiger partial charge in [-0.2, -0.15) is 26.9 Å². The monoisotopic (exact) mass is 280 g/mol. The molecular weight excluding hydrogens is 273 g/mol. The third-order valence-electron chi connectivity index (χ3n) is 1.86. The van der Waals surface area contributed by atoms with E-state index in [4.69, 9.17) is 5.26 Å². The summed E-state index contributed by atoms with van der Waals surface area (Å²) >= 11 is 0. The summed E-state index contributed by atoms with van der Waals surface area (Å²) in [6.07, 6.45) is -6.32. The average Bonchev–Trinajstić information content (AvgIpc) is 2.23. The molecule has 0 amide bonds. The Labute approximate surface area is 101 Å². The summed E-state index contributed by atoms with van der Waals surface area (Å²) in [5, 5.41) is 13.2. The van der Waals surface area contributed by atoms with Crippen molar-refractivity contribution >= 4 is 10.3 Å². The van der Waals surface area contributed by atoms with Crippen LogP contribution in [0.15, 0.2) is 24.3 Å². The van der Waals surface area contributed by atoms with Crippen LogP contribution in [0.1, 0.15) is 17.2 Å². The summed E-state index contributed by atoms with van der Waals surface area (Å²) in [6, 6.07) is 4.99. The fraction of sp³-hybridized carbons (Fsp3) is 0.222. The Morgan fingerprint density at radius 3 is 2.44 bits per heavy atom. The molecule has 0 heterocycles. The van der Waals surface area contributed by atoms with Gasteiger partial charge in [0, 0.05) is 0 Å². The zero-order chi connectivity index (χ0) is 14.0. The molecule has 0 aromatic heterocycles. The van der Waals surface area contributed by atoms with Gasteiger partial charge in [-0.25, -0.2) is 9.32 Å². The van der Waals surface area contributed by atoms with Crippen LogP contribution in [0, 0.1) is 11.3 Å². The van der Waals surface area contributed by atoms with Crippen LogP contribution in [0.5, 0.6) is 0 Å². The highest BCUT2D eigenvalue weighted by Gasteiger charge is 2.31. The van der Waals surface area contributed by atoms with E-state index < -0.39 is 28.1 Å². The largest absolute Gasteiger partial charge is 0.416 e. The molecule has 9 heteroatoms. The molecule has 0 saturated carbocycles. The van der Waals surface area contributed by atoms with E-state index >= 15 is 0 Å². The predicted molar refractivity (Wildman–Crippen MR) is 54.0 cm³/mol. The molecule has 0 saturated heterocycles. The minimum absolute atomic E-state index is 0.249.